The maximum Gasteiger partial charge on any atom is 0.488 e. The molecule has 2 rings (SSSR count). The molecule has 1 aliphatic rings. The Hall–Kier alpha value is -0.875. The van der Waals surface area contributed by atoms with Gasteiger partial charge in [0.15, 0.2) is 0 Å². The van der Waals surface area contributed by atoms with Gasteiger partial charge in [-0.15, -0.1) is 0 Å². The number of hydrogen-bond donors (Lipinski definition) is 3. The van der Waals surface area contributed by atoms with Gasteiger partial charge >= 0.3 is 7.12 Å². The summed E-state index contributed by atoms with van der Waals surface area (Å²) in [6, 6.07) is 7.67. The van der Waals surface area contributed by atoms with Crippen molar-refractivity contribution >= 4 is 12.6 Å². The summed E-state index contributed by atoms with van der Waals surface area (Å²) in [5.41, 5.74) is 7.47. The van der Waals surface area contributed by atoms with Gasteiger partial charge in [-0.1, -0.05) is 24.3 Å². The summed E-state index contributed by atoms with van der Waals surface area (Å²) in [6.45, 7) is 2.77. The maximum absolute atomic E-state index is 9.07. The molecule has 16 heavy (non-hydrogen) atoms. The van der Waals surface area contributed by atoms with Crippen molar-refractivity contribution in [1.82, 2.24) is 4.90 Å². The first-order valence-corrected chi connectivity index (χ1v) is 5.58. The Morgan fingerprint density at radius 2 is 2.25 bits per heavy atom. The highest BCUT2D eigenvalue weighted by Crippen LogP contribution is 2.11. The SMILES string of the molecule is N[C@H]1CCN(Cc2cccc(B(O)O)c2)C1. The quantitative estimate of drug-likeness (QED) is 0.565. The molecule has 1 fully saturated rings. The van der Waals surface area contributed by atoms with Crippen LogP contribution in [0.5, 0.6) is 0 Å². The first-order chi connectivity index (χ1) is 7.65. The fourth-order valence-electron chi connectivity index (χ4n) is 2.12. The van der Waals surface area contributed by atoms with E-state index in [2.05, 4.69) is 4.90 Å². The monoisotopic (exact) mass is 220 g/mol. The van der Waals surface area contributed by atoms with Gasteiger partial charge in [0, 0.05) is 25.7 Å². The first kappa shape index (κ1) is 11.6. The smallest absolute Gasteiger partial charge is 0.423 e. The minimum atomic E-state index is -1.39. The van der Waals surface area contributed by atoms with Crippen molar-refractivity contribution < 1.29 is 10.0 Å². The van der Waals surface area contributed by atoms with E-state index >= 15 is 0 Å². The Morgan fingerprint density at radius 1 is 1.44 bits per heavy atom. The average molecular weight is 220 g/mol. The van der Waals surface area contributed by atoms with Crippen LogP contribution in [0, 0.1) is 0 Å². The lowest BCUT2D eigenvalue weighted by molar-refractivity contribution is 0.327. The summed E-state index contributed by atoms with van der Waals surface area (Å²) in [7, 11) is -1.39. The van der Waals surface area contributed by atoms with Crippen LogP contribution in [0.4, 0.5) is 0 Å². The molecule has 1 heterocycles. The van der Waals surface area contributed by atoms with Crippen LogP contribution >= 0.6 is 0 Å². The zero-order valence-corrected chi connectivity index (χ0v) is 9.21. The lowest BCUT2D eigenvalue weighted by Crippen LogP contribution is -2.31. The molecule has 0 bridgehead atoms. The largest absolute Gasteiger partial charge is 0.488 e. The van der Waals surface area contributed by atoms with Crippen LogP contribution in [0.1, 0.15) is 12.0 Å². The number of likely N-dealkylation sites (tertiary alicyclic amines) is 1. The molecule has 1 aliphatic heterocycles. The van der Waals surface area contributed by atoms with Crippen LogP contribution in [-0.4, -0.2) is 41.2 Å². The third kappa shape index (κ3) is 2.83. The van der Waals surface area contributed by atoms with E-state index in [0.29, 0.717) is 5.46 Å². The molecule has 5 heteroatoms. The zero-order valence-electron chi connectivity index (χ0n) is 9.21. The standard InChI is InChI=1S/C11H17BN2O2/c13-11-4-5-14(8-11)7-9-2-1-3-10(6-9)12(15)16/h1-3,6,11,15-16H,4-5,7-8,13H2/t11-/m0/s1. The van der Waals surface area contributed by atoms with Gasteiger partial charge in [-0.2, -0.15) is 0 Å². The molecule has 1 aromatic rings. The average Bonchev–Trinajstić information content (AvgIpc) is 2.64. The van der Waals surface area contributed by atoms with Crippen molar-refractivity contribution in [3.63, 3.8) is 0 Å². The molecular formula is C11H17BN2O2. The van der Waals surface area contributed by atoms with Crippen LogP contribution in [0.3, 0.4) is 0 Å². The Kier molecular flexibility index (Phi) is 3.61. The Labute approximate surface area is 95.8 Å². The number of rotatable bonds is 3. The second-order valence-corrected chi connectivity index (χ2v) is 4.40. The minimum absolute atomic E-state index is 0.284. The van der Waals surface area contributed by atoms with E-state index in [1.807, 2.05) is 18.2 Å². The predicted molar refractivity (Wildman–Crippen MR) is 64.1 cm³/mol. The van der Waals surface area contributed by atoms with E-state index in [0.717, 1.165) is 31.6 Å². The van der Waals surface area contributed by atoms with Gasteiger partial charge in [0.1, 0.15) is 0 Å². The summed E-state index contributed by atoms with van der Waals surface area (Å²) in [4.78, 5) is 2.29. The normalized spacial score (nSPS) is 21.3. The predicted octanol–water partition coefficient (Wildman–Crippen LogP) is -1.10. The van der Waals surface area contributed by atoms with E-state index in [4.69, 9.17) is 15.8 Å². The van der Waals surface area contributed by atoms with Crippen molar-refractivity contribution in [3.05, 3.63) is 29.8 Å². The third-order valence-corrected chi connectivity index (χ3v) is 2.96. The lowest BCUT2D eigenvalue weighted by Gasteiger charge is -2.15. The third-order valence-electron chi connectivity index (χ3n) is 2.96. The Balaban J connectivity index is 2.01. The highest BCUT2D eigenvalue weighted by Gasteiger charge is 2.19. The van der Waals surface area contributed by atoms with Gasteiger partial charge in [0.2, 0.25) is 0 Å². The molecule has 1 saturated heterocycles. The van der Waals surface area contributed by atoms with Crippen molar-refractivity contribution in [2.45, 2.75) is 19.0 Å². The second kappa shape index (κ2) is 4.97. The van der Waals surface area contributed by atoms with Gasteiger partial charge in [-0.05, 0) is 17.4 Å². The van der Waals surface area contributed by atoms with Crippen LogP contribution in [0.15, 0.2) is 24.3 Å². The van der Waals surface area contributed by atoms with E-state index < -0.39 is 7.12 Å². The molecule has 0 spiro atoms. The number of nitrogens with two attached hydrogens (primary N) is 1. The molecule has 0 radical (unpaired) electrons. The number of hydrogen-bond acceptors (Lipinski definition) is 4. The highest BCUT2D eigenvalue weighted by molar-refractivity contribution is 6.58. The Morgan fingerprint density at radius 3 is 2.88 bits per heavy atom. The van der Waals surface area contributed by atoms with E-state index in [1.165, 1.54) is 0 Å². The van der Waals surface area contributed by atoms with Gasteiger partial charge < -0.3 is 15.8 Å². The molecule has 0 amide bonds. The summed E-state index contributed by atoms with van der Waals surface area (Å²) in [5, 5.41) is 18.1. The summed E-state index contributed by atoms with van der Waals surface area (Å²) in [6.07, 6.45) is 1.04. The van der Waals surface area contributed by atoms with E-state index in [-0.39, 0.29) is 6.04 Å². The molecular weight excluding hydrogens is 203 g/mol. The van der Waals surface area contributed by atoms with Crippen molar-refractivity contribution in [2.75, 3.05) is 13.1 Å². The molecule has 0 aliphatic carbocycles. The van der Waals surface area contributed by atoms with Crippen molar-refractivity contribution in [3.8, 4) is 0 Å². The maximum atomic E-state index is 9.07. The molecule has 4 nitrogen and oxygen atoms in total. The van der Waals surface area contributed by atoms with Crippen LogP contribution in [0.2, 0.25) is 0 Å². The fraction of sp³-hybridized carbons (Fsp3) is 0.455. The van der Waals surface area contributed by atoms with E-state index in [9.17, 15) is 0 Å². The van der Waals surface area contributed by atoms with Crippen LogP contribution < -0.4 is 11.2 Å². The van der Waals surface area contributed by atoms with Crippen LogP contribution in [0.25, 0.3) is 0 Å². The number of nitrogens with zero attached hydrogens (tertiary/aromatic N) is 1. The summed E-state index contributed by atoms with van der Waals surface area (Å²) in [5.74, 6) is 0. The molecule has 1 atom stereocenters. The summed E-state index contributed by atoms with van der Waals surface area (Å²) >= 11 is 0. The molecule has 0 aromatic heterocycles. The number of benzene rings is 1. The second-order valence-electron chi connectivity index (χ2n) is 4.40. The minimum Gasteiger partial charge on any atom is -0.423 e. The zero-order chi connectivity index (χ0) is 11.5. The summed E-state index contributed by atoms with van der Waals surface area (Å²) < 4.78 is 0. The first-order valence-electron chi connectivity index (χ1n) is 5.58. The molecule has 86 valence electrons. The molecule has 0 unspecified atom stereocenters. The van der Waals surface area contributed by atoms with Gasteiger partial charge in [0.05, 0.1) is 0 Å². The molecule has 0 saturated carbocycles. The highest BCUT2D eigenvalue weighted by atomic mass is 16.4. The van der Waals surface area contributed by atoms with Crippen molar-refractivity contribution in [2.24, 2.45) is 5.73 Å². The molecule has 1 aromatic carbocycles. The van der Waals surface area contributed by atoms with Crippen LogP contribution in [-0.2, 0) is 6.54 Å². The van der Waals surface area contributed by atoms with Gasteiger partial charge in [-0.25, -0.2) is 0 Å². The lowest BCUT2D eigenvalue weighted by atomic mass is 9.79. The fourth-order valence-corrected chi connectivity index (χ4v) is 2.12. The molecule has 4 N–H and O–H groups in total. The van der Waals surface area contributed by atoms with Gasteiger partial charge in [-0.3, -0.25) is 4.90 Å². The Bertz CT molecular complexity index is 360. The van der Waals surface area contributed by atoms with Gasteiger partial charge in [0.25, 0.3) is 0 Å². The van der Waals surface area contributed by atoms with E-state index in [1.54, 1.807) is 6.07 Å². The topological polar surface area (TPSA) is 69.7 Å². The van der Waals surface area contributed by atoms with Crippen molar-refractivity contribution in [1.29, 1.82) is 0 Å².